The van der Waals surface area contributed by atoms with Gasteiger partial charge in [-0.2, -0.15) is 0 Å². The Bertz CT molecular complexity index is 1120. The summed E-state index contributed by atoms with van der Waals surface area (Å²) in [5.74, 6) is 1.13. The molecule has 27 heavy (non-hydrogen) atoms. The summed E-state index contributed by atoms with van der Waals surface area (Å²) in [7, 11) is 1.63. The van der Waals surface area contributed by atoms with Crippen LogP contribution in [0.5, 0.6) is 5.75 Å². The van der Waals surface area contributed by atoms with Gasteiger partial charge in [-0.1, -0.05) is 30.3 Å². The second-order valence-electron chi connectivity index (χ2n) is 6.26. The van der Waals surface area contributed by atoms with E-state index in [1.165, 1.54) is 0 Å². The number of anilines is 1. The minimum absolute atomic E-state index is 0.186. The Balaban J connectivity index is 1.88. The molecule has 1 N–H and O–H groups in total. The van der Waals surface area contributed by atoms with Crippen molar-refractivity contribution in [2.45, 2.75) is 6.92 Å². The predicted octanol–water partition coefficient (Wildman–Crippen LogP) is 4.57. The van der Waals surface area contributed by atoms with E-state index in [-0.39, 0.29) is 5.91 Å². The Hall–Kier alpha value is -3.60. The fourth-order valence-electron chi connectivity index (χ4n) is 3.06. The second kappa shape index (κ2) is 6.96. The van der Waals surface area contributed by atoms with Crippen molar-refractivity contribution in [2.75, 3.05) is 12.4 Å². The van der Waals surface area contributed by atoms with Gasteiger partial charge >= 0.3 is 0 Å². The van der Waals surface area contributed by atoms with Crippen LogP contribution in [0.15, 0.2) is 72.9 Å². The first-order chi connectivity index (χ1) is 13.2. The lowest BCUT2D eigenvalue weighted by atomic mass is 10.1. The lowest BCUT2D eigenvalue weighted by Gasteiger charge is -2.10. The molecule has 0 saturated heterocycles. The molecule has 0 atom stereocenters. The molecule has 5 nitrogen and oxygen atoms in total. The minimum atomic E-state index is -0.186. The Morgan fingerprint density at radius 1 is 1.04 bits per heavy atom. The van der Waals surface area contributed by atoms with E-state index in [0.717, 1.165) is 16.8 Å². The third-order valence-corrected chi connectivity index (χ3v) is 4.41. The highest BCUT2D eigenvalue weighted by Gasteiger charge is 2.19. The first kappa shape index (κ1) is 16.8. The van der Waals surface area contributed by atoms with E-state index < -0.39 is 0 Å². The average molecular weight is 357 g/mol. The zero-order valence-electron chi connectivity index (χ0n) is 15.1. The molecule has 0 bridgehead atoms. The summed E-state index contributed by atoms with van der Waals surface area (Å²) in [5, 5.41) is 3.03. The normalized spacial score (nSPS) is 10.7. The Labute approximate surface area is 157 Å². The summed E-state index contributed by atoms with van der Waals surface area (Å²) < 4.78 is 7.39. The van der Waals surface area contributed by atoms with Gasteiger partial charge in [0.15, 0.2) is 0 Å². The van der Waals surface area contributed by atoms with Crippen LogP contribution < -0.4 is 10.1 Å². The lowest BCUT2D eigenvalue weighted by molar-refractivity contribution is 0.102. The van der Waals surface area contributed by atoms with Crippen LogP contribution in [0, 0.1) is 6.92 Å². The highest BCUT2D eigenvalue weighted by molar-refractivity contribution is 6.06. The summed E-state index contributed by atoms with van der Waals surface area (Å²) in [6, 6.07) is 20.8. The number of methoxy groups -OCH3 is 1. The van der Waals surface area contributed by atoms with Crippen molar-refractivity contribution in [3.05, 3.63) is 84.1 Å². The molecule has 0 aliphatic rings. The first-order valence-electron chi connectivity index (χ1n) is 8.66. The number of aryl methyl sites for hydroxylation is 1. The van der Waals surface area contributed by atoms with Crippen LogP contribution >= 0.6 is 0 Å². The Morgan fingerprint density at radius 2 is 1.78 bits per heavy atom. The molecule has 0 aliphatic carbocycles. The standard InChI is InChI=1S/C22H19N3O2/c1-15-12-13-25-19(14-15)23-20(17-10-6-7-11-18(17)27-2)21(25)24-22(26)16-8-4-3-5-9-16/h3-14H,1-2H3,(H,24,26). The van der Waals surface area contributed by atoms with Gasteiger partial charge in [0, 0.05) is 17.3 Å². The molecule has 2 heterocycles. The maximum atomic E-state index is 12.8. The molecule has 134 valence electrons. The molecule has 4 rings (SSSR count). The van der Waals surface area contributed by atoms with Crippen molar-refractivity contribution in [3.63, 3.8) is 0 Å². The van der Waals surface area contributed by atoms with Crippen molar-refractivity contribution in [1.29, 1.82) is 0 Å². The molecule has 0 saturated carbocycles. The van der Waals surface area contributed by atoms with E-state index >= 15 is 0 Å². The van der Waals surface area contributed by atoms with Gasteiger partial charge in [-0.05, 0) is 48.9 Å². The third-order valence-electron chi connectivity index (χ3n) is 4.41. The molecule has 0 fully saturated rings. The van der Waals surface area contributed by atoms with Crippen LogP contribution in [0.2, 0.25) is 0 Å². The van der Waals surface area contributed by atoms with Crippen LogP contribution in [0.25, 0.3) is 16.9 Å². The van der Waals surface area contributed by atoms with E-state index in [4.69, 9.17) is 9.72 Å². The number of pyridine rings is 1. The van der Waals surface area contributed by atoms with Crippen molar-refractivity contribution < 1.29 is 9.53 Å². The SMILES string of the molecule is COc1ccccc1-c1nc2cc(C)ccn2c1NC(=O)c1ccccc1. The monoisotopic (exact) mass is 357 g/mol. The second-order valence-corrected chi connectivity index (χ2v) is 6.26. The molecular weight excluding hydrogens is 338 g/mol. The molecule has 1 amide bonds. The van der Waals surface area contributed by atoms with E-state index in [1.807, 2.05) is 72.1 Å². The summed E-state index contributed by atoms with van der Waals surface area (Å²) in [6.45, 7) is 2.01. The first-order valence-corrected chi connectivity index (χ1v) is 8.66. The number of nitrogens with one attached hydrogen (secondary N) is 1. The summed E-state index contributed by atoms with van der Waals surface area (Å²) >= 11 is 0. The largest absolute Gasteiger partial charge is 0.496 e. The van der Waals surface area contributed by atoms with Gasteiger partial charge in [0.2, 0.25) is 0 Å². The highest BCUT2D eigenvalue weighted by atomic mass is 16.5. The van der Waals surface area contributed by atoms with Crippen LogP contribution in [-0.4, -0.2) is 22.4 Å². The van der Waals surface area contributed by atoms with Crippen molar-refractivity contribution in [1.82, 2.24) is 9.38 Å². The van der Waals surface area contributed by atoms with Gasteiger partial charge in [-0.3, -0.25) is 9.20 Å². The van der Waals surface area contributed by atoms with E-state index in [2.05, 4.69) is 5.32 Å². The third kappa shape index (κ3) is 3.15. The number of rotatable bonds is 4. The summed E-state index contributed by atoms with van der Waals surface area (Å²) in [4.78, 5) is 17.5. The molecule has 0 unspecified atom stereocenters. The van der Waals surface area contributed by atoms with Crippen LogP contribution in [0.1, 0.15) is 15.9 Å². The smallest absolute Gasteiger partial charge is 0.256 e. The predicted molar refractivity (Wildman–Crippen MR) is 106 cm³/mol. The maximum Gasteiger partial charge on any atom is 0.256 e. The number of ether oxygens (including phenoxy) is 1. The molecule has 0 radical (unpaired) electrons. The fourth-order valence-corrected chi connectivity index (χ4v) is 3.06. The number of hydrogen-bond donors (Lipinski definition) is 1. The van der Waals surface area contributed by atoms with Crippen LogP contribution in [0.3, 0.4) is 0 Å². The van der Waals surface area contributed by atoms with Crippen molar-refractivity contribution in [2.24, 2.45) is 0 Å². The number of benzene rings is 2. The summed E-state index contributed by atoms with van der Waals surface area (Å²) in [5.41, 5.74) is 3.94. The van der Waals surface area contributed by atoms with Gasteiger partial charge in [0.25, 0.3) is 5.91 Å². The molecular formula is C22H19N3O2. The number of carbonyl (C=O) groups is 1. The summed E-state index contributed by atoms with van der Waals surface area (Å²) in [6.07, 6.45) is 1.91. The number of imidazole rings is 1. The van der Waals surface area contributed by atoms with Gasteiger partial charge in [-0.15, -0.1) is 0 Å². The zero-order chi connectivity index (χ0) is 18.8. The maximum absolute atomic E-state index is 12.8. The van der Waals surface area contributed by atoms with Gasteiger partial charge < -0.3 is 10.1 Å². The topological polar surface area (TPSA) is 55.6 Å². The van der Waals surface area contributed by atoms with Gasteiger partial charge in [0.1, 0.15) is 22.9 Å². The van der Waals surface area contributed by atoms with Crippen LogP contribution in [0.4, 0.5) is 5.82 Å². The fraction of sp³-hybridized carbons (Fsp3) is 0.0909. The average Bonchev–Trinajstić information content (AvgIpc) is 3.05. The number of para-hydroxylation sites is 1. The number of carbonyl (C=O) groups excluding carboxylic acids is 1. The minimum Gasteiger partial charge on any atom is -0.496 e. The van der Waals surface area contributed by atoms with Crippen LogP contribution in [-0.2, 0) is 0 Å². The Kier molecular flexibility index (Phi) is 4.34. The number of aromatic nitrogens is 2. The van der Waals surface area contributed by atoms with E-state index in [9.17, 15) is 4.79 Å². The van der Waals surface area contributed by atoms with E-state index in [1.54, 1.807) is 19.2 Å². The number of amides is 1. The number of fused-ring (bicyclic) bond motifs is 1. The molecule has 2 aromatic carbocycles. The highest BCUT2D eigenvalue weighted by Crippen LogP contribution is 2.35. The molecule has 0 spiro atoms. The molecule has 5 heteroatoms. The lowest BCUT2D eigenvalue weighted by Crippen LogP contribution is -2.14. The van der Waals surface area contributed by atoms with Crippen molar-refractivity contribution in [3.8, 4) is 17.0 Å². The number of nitrogens with zero attached hydrogens (tertiary/aromatic N) is 2. The van der Waals surface area contributed by atoms with Gasteiger partial charge in [-0.25, -0.2) is 4.98 Å². The number of hydrogen-bond acceptors (Lipinski definition) is 3. The van der Waals surface area contributed by atoms with E-state index in [0.29, 0.717) is 22.8 Å². The van der Waals surface area contributed by atoms with Crippen molar-refractivity contribution >= 4 is 17.4 Å². The quantitative estimate of drug-likeness (QED) is 0.582. The molecule has 4 aromatic rings. The Morgan fingerprint density at radius 3 is 2.56 bits per heavy atom. The molecule has 2 aromatic heterocycles. The molecule has 0 aliphatic heterocycles. The van der Waals surface area contributed by atoms with Gasteiger partial charge in [0.05, 0.1) is 7.11 Å². The zero-order valence-corrected chi connectivity index (χ0v) is 15.1.